The predicted molar refractivity (Wildman–Crippen MR) is 191 cm³/mol. The van der Waals surface area contributed by atoms with Gasteiger partial charge in [0.25, 0.3) is 5.56 Å². The normalized spacial score (nSPS) is 11.9. The van der Waals surface area contributed by atoms with Crippen LogP contribution in [0.4, 0.5) is 0 Å². The molecule has 0 unspecified atom stereocenters. The molecule has 0 amide bonds. The third-order valence-corrected chi connectivity index (χ3v) is 9.32. The zero-order valence-corrected chi connectivity index (χ0v) is 25.1. The van der Waals surface area contributed by atoms with E-state index in [1.165, 1.54) is 0 Å². The molecule has 0 aliphatic rings. The molecule has 0 fully saturated rings. The third kappa shape index (κ3) is 3.64. The molecule has 0 bridgehead atoms. The van der Waals surface area contributed by atoms with E-state index in [0.717, 1.165) is 77.2 Å². The van der Waals surface area contributed by atoms with E-state index in [-0.39, 0.29) is 5.56 Å². The van der Waals surface area contributed by atoms with Gasteiger partial charge in [-0.1, -0.05) is 54.6 Å². The minimum absolute atomic E-state index is 0.0710. The summed E-state index contributed by atoms with van der Waals surface area (Å²) in [7, 11) is 0. The lowest BCUT2D eigenvalue weighted by atomic mass is 10.0. The highest BCUT2D eigenvalue weighted by molar-refractivity contribution is 6.21. The Kier molecular flexibility index (Phi) is 5.33. The first-order valence-corrected chi connectivity index (χ1v) is 15.6. The van der Waals surface area contributed by atoms with Crippen molar-refractivity contribution in [3.63, 3.8) is 0 Å². The van der Waals surface area contributed by atoms with Gasteiger partial charge in [-0.3, -0.25) is 18.5 Å². The number of hydrogen-bond acceptors (Lipinski definition) is 3. The van der Waals surface area contributed by atoms with E-state index < -0.39 is 0 Å². The molecule has 0 atom stereocenters. The fraction of sp³-hybridized carbons (Fsp3) is 0. The Morgan fingerprint density at radius 3 is 1.32 bits per heavy atom. The average Bonchev–Trinajstić information content (AvgIpc) is 3.63. The Balaban J connectivity index is 1.43. The molecule has 0 aliphatic carbocycles. The summed E-state index contributed by atoms with van der Waals surface area (Å²) >= 11 is 0. The standard InChI is InChI=1S/C41H25N5O/c47-41-35-24-36-32(29-18-10-20-42-39(29)44(36)26-12-4-1-5-13-26)22-31(35)34-23-33-30-19-11-21-43-40(30)45(27-14-6-2-7-15-27)37(33)25-38(34)46(41)28-16-8-3-9-17-28/h1-25H. The number of benzene rings is 5. The molecule has 6 heteroatoms. The van der Waals surface area contributed by atoms with Crippen molar-refractivity contribution < 1.29 is 0 Å². The average molecular weight is 604 g/mol. The van der Waals surface area contributed by atoms with Crippen LogP contribution in [0.25, 0.3) is 82.6 Å². The second-order valence-corrected chi connectivity index (χ2v) is 11.9. The van der Waals surface area contributed by atoms with Crippen LogP contribution >= 0.6 is 0 Å². The monoisotopic (exact) mass is 603 g/mol. The molecule has 0 saturated heterocycles. The van der Waals surface area contributed by atoms with Crippen molar-refractivity contribution in [3.05, 3.63) is 162 Å². The van der Waals surface area contributed by atoms with Crippen LogP contribution in [0.1, 0.15) is 0 Å². The minimum atomic E-state index is -0.0710. The van der Waals surface area contributed by atoms with Gasteiger partial charge in [-0.05, 0) is 90.3 Å². The molecular weight excluding hydrogens is 578 g/mol. The summed E-state index contributed by atoms with van der Waals surface area (Å²) in [6.45, 7) is 0. The summed E-state index contributed by atoms with van der Waals surface area (Å²) < 4.78 is 6.20. The van der Waals surface area contributed by atoms with Gasteiger partial charge in [-0.15, -0.1) is 0 Å². The van der Waals surface area contributed by atoms with Gasteiger partial charge in [-0.25, -0.2) is 9.97 Å². The lowest BCUT2D eigenvalue weighted by molar-refractivity contribution is 1.06. The van der Waals surface area contributed by atoms with Gasteiger partial charge in [0.1, 0.15) is 11.3 Å². The Labute approximate surface area is 268 Å². The summed E-state index contributed by atoms with van der Waals surface area (Å²) in [5.74, 6) is 0. The Hall–Kier alpha value is -6.53. The van der Waals surface area contributed by atoms with Crippen molar-refractivity contribution in [3.8, 4) is 17.1 Å². The highest BCUT2D eigenvalue weighted by atomic mass is 16.1. The molecule has 0 spiro atoms. The lowest BCUT2D eigenvalue weighted by Crippen LogP contribution is -2.19. The first-order valence-electron chi connectivity index (χ1n) is 15.6. The molecule has 5 heterocycles. The molecule has 0 saturated carbocycles. The number of aromatic nitrogens is 5. The van der Waals surface area contributed by atoms with Crippen molar-refractivity contribution >= 4 is 65.5 Å². The van der Waals surface area contributed by atoms with Crippen LogP contribution in [0.5, 0.6) is 0 Å². The first kappa shape index (κ1) is 25.8. The van der Waals surface area contributed by atoms with E-state index in [9.17, 15) is 4.79 Å². The summed E-state index contributed by atoms with van der Waals surface area (Å²) in [5, 5.41) is 6.79. The number of hydrogen-bond donors (Lipinski definition) is 0. The van der Waals surface area contributed by atoms with Gasteiger partial charge in [-0.2, -0.15) is 0 Å². The van der Waals surface area contributed by atoms with Crippen molar-refractivity contribution in [1.82, 2.24) is 23.7 Å². The molecule has 47 heavy (non-hydrogen) atoms. The summed E-state index contributed by atoms with van der Waals surface area (Å²) in [4.78, 5) is 24.5. The van der Waals surface area contributed by atoms with Crippen LogP contribution < -0.4 is 5.56 Å². The van der Waals surface area contributed by atoms with E-state index in [1.807, 2.05) is 95.8 Å². The van der Waals surface area contributed by atoms with Crippen LogP contribution in [-0.2, 0) is 0 Å². The Morgan fingerprint density at radius 2 is 0.787 bits per heavy atom. The quantitative estimate of drug-likeness (QED) is 0.189. The topological polar surface area (TPSA) is 57.6 Å². The SMILES string of the molecule is O=c1c2cc3c(cc2c2cc4c5cccnc5n(-c5ccccc5)c4cc2n1-c1ccccc1)c1cccnc1n3-c1ccccc1. The van der Waals surface area contributed by atoms with E-state index in [4.69, 9.17) is 9.97 Å². The summed E-state index contributed by atoms with van der Waals surface area (Å²) in [6.07, 6.45) is 3.66. The Morgan fingerprint density at radius 1 is 0.362 bits per heavy atom. The molecule has 10 rings (SSSR count). The molecule has 5 aromatic carbocycles. The second kappa shape index (κ2) is 9.73. The van der Waals surface area contributed by atoms with E-state index in [0.29, 0.717) is 5.39 Å². The van der Waals surface area contributed by atoms with Crippen LogP contribution in [0.2, 0.25) is 0 Å². The number of para-hydroxylation sites is 3. The van der Waals surface area contributed by atoms with Crippen molar-refractivity contribution in [2.75, 3.05) is 0 Å². The number of fused-ring (bicyclic) bond motifs is 9. The summed E-state index contributed by atoms with van der Waals surface area (Å²) in [6, 6.07) is 47.3. The van der Waals surface area contributed by atoms with Gasteiger partial charge >= 0.3 is 0 Å². The second-order valence-electron chi connectivity index (χ2n) is 11.9. The van der Waals surface area contributed by atoms with Gasteiger partial charge in [0.2, 0.25) is 0 Å². The van der Waals surface area contributed by atoms with Crippen molar-refractivity contribution in [2.24, 2.45) is 0 Å². The fourth-order valence-electron chi connectivity index (χ4n) is 7.31. The minimum Gasteiger partial charge on any atom is -0.294 e. The lowest BCUT2D eigenvalue weighted by Gasteiger charge is -2.15. The molecule has 0 radical (unpaired) electrons. The largest absolute Gasteiger partial charge is 0.294 e. The molecular formula is C41H25N5O. The van der Waals surface area contributed by atoms with Gasteiger partial charge in [0, 0.05) is 56.4 Å². The van der Waals surface area contributed by atoms with Crippen LogP contribution in [0, 0.1) is 0 Å². The molecule has 6 nitrogen and oxygen atoms in total. The van der Waals surface area contributed by atoms with E-state index in [2.05, 4.69) is 69.8 Å². The number of pyridine rings is 3. The first-order chi connectivity index (χ1) is 23.3. The fourth-order valence-corrected chi connectivity index (χ4v) is 7.31. The highest BCUT2D eigenvalue weighted by Crippen LogP contribution is 2.39. The van der Waals surface area contributed by atoms with Crippen LogP contribution in [0.15, 0.2) is 157 Å². The molecule has 10 aromatic rings. The maximum Gasteiger partial charge on any atom is 0.263 e. The molecule has 0 N–H and O–H groups in total. The van der Waals surface area contributed by atoms with Crippen LogP contribution in [0.3, 0.4) is 0 Å². The maximum atomic E-state index is 14.8. The van der Waals surface area contributed by atoms with Gasteiger partial charge < -0.3 is 0 Å². The van der Waals surface area contributed by atoms with Crippen LogP contribution in [-0.4, -0.2) is 23.7 Å². The maximum absolute atomic E-state index is 14.8. The molecule has 220 valence electrons. The highest BCUT2D eigenvalue weighted by Gasteiger charge is 2.21. The summed E-state index contributed by atoms with van der Waals surface area (Å²) in [5.41, 5.74) is 7.27. The van der Waals surface area contributed by atoms with Crippen molar-refractivity contribution in [2.45, 2.75) is 0 Å². The number of nitrogens with zero attached hydrogens (tertiary/aromatic N) is 5. The third-order valence-electron chi connectivity index (χ3n) is 9.32. The van der Waals surface area contributed by atoms with Gasteiger partial charge in [0.05, 0.1) is 21.9 Å². The van der Waals surface area contributed by atoms with E-state index >= 15 is 0 Å². The van der Waals surface area contributed by atoms with Crippen molar-refractivity contribution in [1.29, 1.82) is 0 Å². The molecule has 0 aliphatic heterocycles. The number of rotatable bonds is 3. The van der Waals surface area contributed by atoms with Gasteiger partial charge in [0.15, 0.2) is 0 Å². The molecule has 5 aromatic heterocycles. The Bertz CT molecular complexity index is 2900. The van der Waals surface area contributed by atoms with E-state index in [1.54, 1.807) is 0 Å². The smallest absolute Gasteiger partial charge is 0.263 e. The zero-order valence-electron chi connectivity index (χ0n) is 25.1. The predicted octanol–water partition coefficient (Wildman–Crippen LogP) is 9.13. The zero-order chi connectivity index (χ0) is 31.1.